The van der Waals surface area contributed by atoms with Crippen LogP contribution in [0.5, 0.6) is 11.5 Å². The summed E-state index contributed by atoms with van der Waals surface area (Å²) in [6, 6.07) is 4.63. The quantitative estimate of drug-likeness (QED) is 0.357. The second-order valence-corrected chi connectivity index (χ2v) is 4.93. The second-order valence-electron chi connectivity index (χ2n) is 4.93. The molecular weight excluding hydrogens is 461 g/mol. The van der Waals surface area contributed by atoms with Crippen molar-refractivity contribution in [3.63, 3.8) is 0 Å². The number of aromatic nitrogens is 3. The highest BCUT2D eigenvalue weighted by atomic mass is 127. The largest absolute Gasteiger partial charge is 0.497 e. The van der Waals surface area contributed by atoms with Gasteiger partial charge < -0.3 is 20.1 Å². The predicted octanol–water partition coefficient (Wildman–Crippen LogP) is 1.91. The standard InChI is InChI=1S/C15H20F2N6O2.HI/c1-18-15(20-8-13-21-9-22-23(13)2)19-7-10-6-11(24-3)4-5-12(10)25-14(16)17;/h4-6,9,14H,7-8H2,1-3H3,(H2,18,19,20);1H. The molecule has 0 aliphatic rings. The summed E-state index contributed by atoms with van der Waals surface area (Å²) < 4.78 is 36.4. The van der Waals surface area contributed by atoms with E-state index in [1.165, 1.54) is 19.5 Å². The van der Waals surface area contributed by atoms with Crippen LogP contribution in [0.4, 0.5) is 8.78 Å². The predicted molar refractivity (Wildman–Crippen MR) is 103 cm³/mol. The Balaban J connectivity index is 0.00000338. The fourth-order valence-corrected chi connectivity index (χ4v) is 2.07. The zero-order chi connectivity index (χ0) is 18.2. The molecule has 0 aliphatic heterocycles. The van der Waals surface area contributed by atoms with Crippen LogP contribution in [0, 0.1) is 0 Å². The van der Waals surface area contributed by atoms with Gasteiger partial charge in [0.2, 0.25) is 0 Å². The van der Waals surface area contributed by atoms with Crippen molar-refractivity contribution in [3.05, 3.63) is 35.9 Å². The second kappa shape index (κ2) is 10.7. The van der Waals surface area contributed by atoms with Crippen LogP contribution in [0.25, 0.3) is 0 Å². The van der Waals surface area contributed by atoms with Gasteiger partial charge in [-0.15, -0.1) is 24.0 Å². The number of halogens is 3. The molecule has 8 nitrogen and oxygen atoms in total. The summed E-state index contributed by atoms with van der Waals surface area (Å²) in [6.45, 7) is -2.27. The molecule has 26 heavy (non-hydrogen) atoms. The van der Waals surface area contributed by atoms with Gasteiger partial charge >= 0.3 is 6.61 Å². The van der Waals surface area contributed by atoms with Crippen LogP contribution in [-0.2, 0) is 20.1 Å². The molecule has 0 unspecified atom stereocenters. The molecule has 0 amide bonds. The Hall–Kier alpha value is -2.18. The molecule has 0 fully saturated rings. The summed E-state index contributed by atoms with van der Waals surface area (Å²) in [5.41, 5.74) is 0.515. The third-order valence-electron chi connectivity index (χ3n) is 3.37. The van der Waals surface area contributed by atoms with E-state index in [2.05, 4.69) is 30.4 Å². The smallest absolute Gasteiger partial charge is 0.387 e. The van der Waals surface area contributed by atoms with Crippen molar-refractivity contribution in [1.29, 1.82) is 0 Å². The van der Waals surface area contributed by atoms with E-state index in [0.717, 1.165) is 5.82 Å². The fraction of sp³-hybridized carbons (Fsp3) is 0.400. The number of methoxy groups -OCH3 is 1. The Kier molecular flexibility index (Phi) is 9.02. The zero-order valence-corrected chi connectivity index (χ0v) is 16.9. The molecule has 1 aromatic carbocycles. The monoisotopic (exact) mass is 482 g/mol. The number of nitrogens with zero attached hydrogens (tertiary/aromatic N) is 4. The molecule has 0 bridgehead atoms. The number of hydrogen-bond donors (Lipinski definition) is 2. The fourth-order valence-electron chi connectivity index (χ4n) is 2.07. The number of guanidine groups is 1. The molecule has 0 saturated carbocycles. The first-order valence-corrected chi connectivity index (χ1v) is 7.42. The third kappa shape index (κ3) is 6.28. The number of aryl methyl sites for hydroxylation is 1. The minimum atomic E-state index is -2.90. The zero-order valence-electron chi connectivity index (χ0n) is 14.6. The lowest BCUT2D eigenvalue weighted by molar-refractivity contribution is -0.0504. The molecule has 0 atom stereocenters. The van der Waals surface area contributed by atoms with Gasteiger partial charge in [0.25, 0.3) is 0 Å². The van der Waals surface area contributed by atoms with Crippen LogP contribution in [0.3, 0.4) is 0 Å². The van der Waals surface area contributed by atoms with Gasteiger partial charge in [0.15, 0.2) is 5.96 Å². The topological polar surface area (TPSA) is 85.6 Å². The van der Waals surface area contributed by atoms with Crippen LogP contribution in [0.15, 0.2) is 29.5 Å². The molecular formula is C15H21F2IN6O2. The summed E-state index contributed by atoms with van der Waals surface area (Å²) in [4.78, 5) is 8.18. The summed E-state index contributed by atoms with van der Waals surface area (Å²) >= 11 is 0. The summed E-state index contributed by atoms with van der Waals surface area (Å²) in [7, 11) is 4.89. The van der Waals surface area contributed by atoms with Crippen LogP contribution in [0.2, 0.25) is 0 Å². The third-order valence-corrected chi connectivity index (χ3v) is 3.37. The molecule has 0 spiro atoms. The number of nitrogens with one attached hydrogen (secondary N) is 2. The number of aliphatic imine (C=N–C) groups is 1. The number of benzene rings is 1. The molecule has 2 rings (SSSR count). The first-order valence-electron chi connectivity index (χ1n) is 7.42. The maximum atomic E-state index is 12.5. The lowest BCUT2D eigenvalue weighted by atomic mass is 10.2. The molecule has 0 aliphatic carbocycles. The van der Waals surface area contributed by atoms with E-state index in [1.807, 2.05) is 0 Å². The van der Waals surface area contributed by atoms with Crippen molar-refractivity contribution in [2.45, 2.75) is 19.7 Å². The van der Waals surface area contributed by atoms with Gasteiger partial charge in [-0.3, -0.25) is 9.67 Å². The van der Waals surface area contributed by atoms with E-state index >= 15 is 0 Å². The summed E-state index contributed by atoms with van der Waals surface area (Å²) in [5.74, 6) is 1.83. The van der Waals surface area contributed by atoms with Crippen molar-refractivity contribution in [3.8, 4) is 11.5 Å². The van der Waals surface area contributed by atoms with Gasteiger partial charge in [-0.1, -0.05) is 0 Å². The van der Waals surface area contributed by atoms with Gasteiger partial charge in [-0.05, 0) is 18.2 Å². The lowest BCUT2D eigenvalue weighted by Gasteiger charge is -2.15. The van der Waals surface area contributed by atoms with E-state index in [0.29, 0.717) is 23.8 Å². The summed E-state index contributed by atoms with van der Waals surface area (Å²) in [5, 5.41) is 10.1. The number of alkyl halides is 2. The molecule has 2 aromatic rings. The molecule has 144 valence electrons. The van der Waals surface area contributed by atoms with E-state index in [4.69, 9.17) is 4.74 Å². The first-order chi connectivity index (χ1) is 12.0. The van der Waals surface area contributed by atoms with Crippen molar-refractivity contribution in [1.82, 2.24) is 25.4 Å². The van der Waals surface area contributed by atoms with E-state index in [1.54, 1.807) is 30.9 Å². The van der Waals surface area contributed by atoms with Gasteiger partial charge in [0.05, 0.1) is 13.7 Å². The molecule has 1 heterocycles. The minimum Gasteiger partial charge on any atom is -0.497 e. The van der Waals surface area contributed by atoms with Crippen LogP contribution >= 0.6 is 24.0 Å². The molecule has 1 aromatic heterocycles. The highest BCUT2D eigenvalue weighted by Crippen LogP contribution is 2.25. The Morgan fingerprint density at radius 3 is 2.62 bits per heavy atom. The van der Waals surface area contributed by atoms with Crippen molar-refractivity contribution < 1.29 is 18.3 Å². The SMILES string of the molecule is CN=C(NCc1cc(OC)ccc1OC(F)F)NCc1ncnn1C.I. The number of rotatable bonds is 7. The summed E-state index contributed by atoms with van der Waals surface area (Å²) in [6.07, 6.45) is 1.46. The van der Waals surface area contributed by atoms with Crippen LogP contribution in [0.1, 0.15) is 11.4 Å². The van der Waals surface area contributed by atoms with E-state index < -0.39 is 6.61 Å². The maximum Gasteiger partial charge on any atom is 0.387 e. The number of hydrogen-bond acceptors (Lipinski definition) is 5. The average molecular weight is 482 g/mol. The molecule has 0 saturated heterocycles. The Morgan fingerprint density at radius 2 is 2.04 bits per heavy atom. The van der Waals surface area contributed by atoms with Gasteiger partial charge in [-0.25, -0.2) is 4.98 Å². The average Bonchev–Trinajstić information content (AvgIpc) is 3.00. The molecule has 11 heteroatoms. The maximum absolute atomic E-state index is 12.5. The van der Waals surface area contributed by atoms with Crippen molar-refractivity contribution in [2.75, 3.05) is 14.2 Å². The van der Waals surface area contributed by atoms with Crippen molar-refractivity contribution >= 4 is 29.9 Å². The lowest BCUT2D eigenvalue weighted by Crippen LogP contribution is -2.37. The van der Waals surface area contributed by atoms with E-state index in [-0.39, 0.29) is 36.3 Å². The molecule has 0 radical (unpaired) electrons. The highest BCUT2D eigenvalue weighted by molar-refractivity contribution is 14.0. The first kappa shape index (κ1) is 21.9. The normalized spacial score (nSPS) is 11.1. The Bertz CT molecular complexity index is 726. The van der Waals surface area contributed by atoms with Crippen molar-refractivity contribution in [2.24, 2.45) is 12.0 Å². The number of ether oxygens (including phenoxy) is 2. The Labute approximate surface area is 167 Å². The van der Waals surface area contributed by atoms with Crippen LogP contribution in [-0.4, -0.2) is 41.5 Å². The molecule has 2 N–H and O–H groups in total. The van der Waals surface area contributed by atoms with E-state index in [9.17, 15) is 8.78 Å². The van der Waals surface area contributed by atoms with Gasteiger partial charge in [0, 0.05) is 26.2 Å². The highest BCUT2D eigenvalue weighted by Gasteiger charge is 2.12. The van der Waals surface area contributed by atoms with Crippen LogP contribution < -0.4 is 20.1 Å². The van der Waals surface area contributed by atoms with Gasteiger partial charge in [0.1, 0.15) is 23.7 Å². The van der Waals surface area contributed by atoms with Gasteiger partial charge in [-0.2, -0.15) is 13.9 Å². The minimum absolute atomic E-state index is 0. The Morgan fingerprint density at radius 1 is 1.31 bits per heavy atom.